The van der Waals surface area contributed by atoms with Gasteiger partial charge in [-0.1, -0.05) is 11.6 Å². The van der Waals surface area contributed by atoms with E-state index in [-0.39, 0.29) is 10.8 Å². The molecule has 0 fully saturated rings. The van der Waals surface area contributed by atoms with Crippen LogP contribution in [-0.2, 0) is 0 Å². The van der Waals surface area contributed by atoms with Gasteiger partial charge < -0.3 is 0 Å². The zero-order valence-corrected chi connectivity index (χ0v) is 8.39. The molecule has 0 saturated heterocycles. The summed E-state index contributed by atoms with van der Waals surface area (Å²) in [6, 6.07) is 1.34. The monoisotopic (exact) mass is 250 g/mol. The normalized spacial score (nSPS) is 9.92. The molecular formula is C6H4BrClN2O2. The van der Waals surface area contributed by atoms with Gasteiger partial charge in [0, 0.05) is 10.5 Å². The van der Waals surface area contributed by atoms with Crippen molar-refractivity contribution >= 4 is 33.2 Å². The minimum Gasteiger partial charge on any atom is -0.258 e. The second-order valence-corrected chi connectivity index (χ2v) is 3.33. The van der Waals surface area contributed by atoms with E-state index in [2.05, 4.69) is 20.9 Å². The van der Waals surface area contributed by atoms with E-state index in [4.69, 9.17) is 11.6 Å². The Morgan fingerprint density at radius 3 is 2.83 bits per heavy atom. The Morgan fingerprint density at radius 2 is 2.33 bits per heavy atom. The number of halogens is 2. The van der Waals surface area contributed by atoms with E-state index in [0.29, 0.717) is 10.2 Å². The summed E-state index contributed by atoms with van der Waals surface area (Å²) in [4.78, 5) is 13.5. The molecule has 0 aromatic carbocycles. The maximum absolute atomic E-state index is 10.3. The van der Waals surface area contributed by atoms with Crippen molar-refractivity contribution in [2.45, 2.75) is 6.92 Å². The van der Waals surface area contributed by atoms with Crippen molar-refractivity contribution in [3.63, 3.8) is 0 Å². The average molecular weight is 251 g/mol. The van der Waals surface area contributed by atoms with E-state index in [1.807, 2.05) is 0 Å². The average Bonchev–Trinajstić information content (AvgIpc) is 1.96. The van der Waals surface area contributed by atoms with Crippen molar-refractivity contribution < 1.29 is 4.92 Å². The Kier molecular flexibility index (Phi) is 2.64. The molecule has 0 aliphatic heterocycles. The Morgan fingerprint density at radius 1 is 1.75 bits per heavy atom. The highest BCUT2D eigenvalue weighted by Gasteiger charge is 2.15. The van der Waals surface area contributed by atoms with Gasteiger partial charge in [0.05, 0.1) is 10.6 Å². The smallest absolute Gasteiger partial charge is 0.258 e. The van der Waals surface area contributed by atoms with Crippen LogP contribution in [0.25, 0.3) is 0 Å². The number of pyridine rings is 1. The van der Waals surface area contributed by atoms with E-state index in [1.165, 1.54) is 6.07 Å². The largest absolute Gasteiger partial charge is 0.307 e. The first kappa shape index (κ1) is 9.41. The van der Waals surface area contributed by atoms with Gasteiger partial charge >= 0.3 is 5.69 Å². The lowest BCUT2D eigenvalue weighted by atomic mass is 10.3. The zero-order chi connectivity index (χ0) is 9.30. The minimum absolute atomic E-state index is 0.0827. The first-order valence-corrected chi connectivity index (χ1v) is 4.16. The number of rotatable bonds is 1. The fourth-order valence-corrected chi connectivity index (χ4v) is 1.23. The van der Waals surface area contributed by atoms with Crippen LogP contribution in [0, 0.1) is 17.0 Å². The Balaban J connectivity index is 3.33. The van der Waals surface area contributed by atoms with E-state index >= 15 is 0 Å². The van der Waals surface area contributed by atoms with Crippen LogP contribution in [0.2, 0.25) is 5.15 Å². The fraction of sp³-hybridized carbons (Fsp3) is 0.167. The highest BCUT2D eigenvalue weighted by atomic mass is 79.9. The summed E-state index contributed by atoms with van der Waals surface area (Å²) < 4.78 is 0.582. The van der Waals surface area contributed by atoms with Crippen LogP contribution in [0.4, 0.5) is 5.69 Å². The van der Waals surface area contributed by atoms with Crippen LogP contribution in [0.5, 0.6) is 0 Å². The maximum atomic E-state index is 10.3. The molecule has 64 valence electrons. The summed E-state index contributed by atoms with van der Waals surface area (Å²) in [5, 5.41) is 10.3. The molecule has 0 N–H and O–H groups in total. The number of hydrogen-bond acceptors (Lipinski definition) is 3. The topological polar surface area (TPSA) is 56.0 Å². The van der Waals surface area contributed by atoms with Crippen LogP contribution >= 0.6 is 27.5 Å². The van der Waals surface area contributed by atoms with Crippen LogP contribution in [-0.4, -0.2) is 9.91 Å². The van der Waals surface area contributed by atoms with Crippen molar-refractivity contribution in [2.75, 3.05) is 0 Å². The molecule has 1 heterocycles. The van der Waals surface area contributed by atoms with Gasteiger partial charge in [0.2, 0.25) is 5.15 Å². The molecule has 0 aliphatic carbocycles. The second kappa shape index (κ2) is 3.37. The first-order chi connectivity index (χ1) is 5.52. The summed E-state index contributed by atoms with van der Waals surface area (Å²) in [5.74, 6) is 0. The van der Waals surface area contributed by atoms with Gasteiger partial charge in [-0.05, 0) is 22.9 Å². The first-order valence-electron chi connectivity index (χ1n) is 2.99. The van der Waals surface area contributed by atoms with Gasteiger partial charge in [-0.25, -0.2) is 4.98 Å². The third kappa shape index (κ3) is 1.73. The van der Waals surface area contributed by atoms with E-state index in [1.54, 1.807) is 6.92 Å². The van der Waals surface area contributed by atoms with Gasteiger partial charge in [-0.2, -0.15) is 0 Å². The Labute approximate surface area is 81.8 Å². The third-order valence-electron chi connectivity index (χ3n) is 1.28. The van der Waals surface area contributed by atoms with Crippen molar-refractivity contribution in [3.8, 4) is 0 Å². The van der Waals surface area contributed by atoms with E-state index in [9.17, 15) is 10.1 Å². The molecule has 6 heteroatoms. The minimum atomic E-state index is -0.570. The standard InChI is InChI=1S/C6H4BrClN2O2/c1-3-4(7)2-5(10(11)12)6(8)9-3/h2H,1H3. The highest BCUT2D eigenvalue weighted by Crippen LogP contribution is 2.27. The second-order valence-electron chi connectivity index (χ2n) is 2.12. The van der Waals surface area contributed by atoms with E-state index < -0.39 is 4.92 Å². The number of hydrogen-bond donors (Lipinski definition) is 0. The maximum Gasteiger partial charge on any atom is 0.307 e. The van der Waals surface area contributed by atoms with E-state index in [0.717, 1.165) is 0 Å². The lowest BCUT2D eigenvalue weighted by Gasteiger charge is -1.98. The van der Waals surface area contributed by atoms with Gasteiger partial charge in [0.15, 0.2) is 0 Å². The molecule has 0 unspecified atom stereocenters. The van der Waals surface area contributed by atoms with Crippen LogP contribution < -0.4 is 0 Å². The molecule has 0 atom stereocenters. The SMILES string of the molecule is Cc1nc(Cl)c([N+](=O)[O-])cc1Br. The summed E-state index contributed by atoms with van der Waals surface area (Å²) >= 11 is 8.65. The molecule has 0 spiro atoms. The number of aryl methyl sites for hydroxylation is 1. The summed E-state index contributed by atoms with van der Waals surface area (Å²) in [7, 11) is 0. The molecule has 12 heavy (non-hydrogen) atoms. The highest BCUT2D eigenvalue weighted by molar-refractivity contribution is 9.10. The van der Waals surface area contributed by atoms with Gasteiger partial charge in [-0.15, -0.1) is 0 Å². The molecule has 4 nitrogen and oxygen atoms in total. The van der Waals surface area contributed by atoms with Crippen molar-refractivity contribution in [2.24, 2.45) is 0 Å². The lowest BCUT2D eigenvalue weighted by Crippen LogP contribution is -1.93. The molecule has 1 aromatic rings. The molecule has 0 bridgehead atoms. The molecule has 0 aliphatic rings. The molecule has 0 radical (unpaired) electrons. The van der Waals surface area contributed by atoms with Gasteiger partial charge in [0.1, 0.15) is 0 Å². The van der Waals surface area contributed by atoms with Crippen molar-refractivity contribution in [1.82, 2.24) is 4.98 Å². The molecular weight excluding hydrogens is 247 g/mol. The third-order valence-corrected chi connectivity index (χ3v) is 2.36. The molecule has 0 saturated carbocycles. The fourth-order valence-electron chi connectivity index (χ4n) is 0.670. The molecule has 0 amide bonds. The Bertz CT molecular complexity index is 343. The lowest BCUT2D eigenvalue weighted by molar-refractivity contribution is -0.385. The van der Waals surface area contributed by atoms with Crippen molar-refractivity contribution in [1.29, 1.82) is 0 Å². The summed E-state index contributed by atoms with van der Waals surface area (Å²) in [6.07, 6.45) is 0. The van der Waals surface area contributed by atoms with Crippen LogP contribution in [0.1, 0.15) is 5.69 Å². The van der Waals surface area contributed by atoms with Crippen LogP contribution in [0.15, 0.2) is 10.5 Å². The number of nitrogens with zero attached hydrogens (tertiary/aromatic N) is 2. The number of aromatic nitrogens is 1. The predicted molar refractivity (Wildman–Crippen MR) is 48.3 cm³/mol. The number of nitro groups is 1. The van der Waals surface area contributed by atoms with Crippen LogP contribution in [0.3, 0.4) is 0 Å². The zero-order valence-electron chi connectivity index (χ0n) is 6.04. The van der Waals surface area contributed by atoms with Gasteiger partial charge in [0.25, 0.3) is 0 Å². The molecule has 1 rings (SSSR count). The Hall–Kier alpha value is -0.680. The predicted octanol–water partition coefficient (Wildman–Crippen LogP) is 2.71. The van der Waals surface area contributed by atoms with Crippen molar-refractivity contribution in [3.05, 3.63) is 31.5 Å². The summed E-state index contributed by atoms with van der Waals surface area (Å²) in [5.41, 5.74) is 0.444. The summed E-state index contributed by atoms with van der Waals surface area (Å²) in [6.45, 7) is 1.71. The van der Waals surface area contributed by atoms with Gasteiger partial charge in [-0.3, -0.25) is 10.1 Å². The molecule has 1 aromatic heterocycles. The quantitative estimate of drug-likeness (QED) is 0.438.